The van der Waals surface area contributed by atoms with E-state index in [1.807, 2.05) is 78.2 Å². The number of phenolic OH excluding ortho intramolecular Hbond substituents is 1. The SMILES string of the molecule is CC(C)(C)[Si](OCC1=C2[C@@H](CC/C(=C/c3ccc(O)c4ccccc34)c3ccccc3)OB(O)C[C@@H]2[C@@H]2C(=O)N(Cc3cccs3)C(=O)[C@@H]2C1)(c1ccccc1)c1ccccc1. The van der Waals surface area contributed by atoms with E-state index in [0.29, 0.717) is 19.3 Å². The molecule has 0 spiro atoms. The first kappa shape index (κ1) is 42.0. The molecule has 10 heteroatoms. The monoisotopic (exact) mass is 857 g/mol. The second kappa shape index (κ2) is 17.4. The van der Waals surface area contributed by atoms with E-state index in [1.165, 1.54) is 16.2 Å². The van der Waals surface area contributed by atoms with Gasteiger partial charge in [0, 0.05) is 10.3 Å². The summed E-state index contributed by atoms with van der Waals surface area (Å²) in [5, 5.41) is 28.0. The lowest BCUT2D eigenvalue weighted by molar-refractivity contribution is -0.140. The van der Waals surface area contributed by atoms with Gasteiger partial charge < -0.3 is 19.2 Å². The Bertz CT molecular complexity index is 2590. The van der Waals surface area contributed by atoms with E-state index in [1.54, 1.807) is 6.07 Å². The normalized spacial score (nSPS) is 20.8. The molecule has 1 aromatic heterocycles. The minimum absolute atomic E-state index is 0.150. The Labute approximate surface area is 369 Å². The molecule has 314 valence electrons. The zero-order chi connectivity index (χ0) is 43.0. The van der Waals surface area contributed by atoms with Gasteiger partial charge in [0.25, 0.3) is 8.32 Å². The first-order valence-electron chi connectivity index (χ1n) is 21.7. The Hall–Kier alpha value is -5.36. The van der Waals surface area contributed by atoms with Crippen LogP contribution < -0.4 is 10.4 Å². The Morgan fingerprint density at radius 1 is 0.823 bits per heavy atom. The van der Waals surface area contributed by atoms with Crippen LogP contribution in [0.5, 0.6) is 5.75 Å². The van der Waals surface area contributed by atoms with Gasteiger partial charge in [-0.15, -0.1) is 11.3 Å². The number of aromatic hydroxyl groups is 1. The predicted octanol–water partition coefficient (Wildman–Crippen LogP) is 9.50. The topological polar surface area (TPSA) is 96.3 Å². The molecule has 3 aliphatic rings. The van der Waals surface area contributed by atoms with Crippen molar-refractivity contribution in [2.45, 2.75) is 64.0 Å². The first-order valence-corrected chi connectivity index (χ1v) is 24.5. The summed E-state index contributed by atoms with van der Waals surface area (Å²) in [6.07, 6.45) is 3.40. The van der Waals surface area contributed by atoms with Gasteiger partial charge >= 0.3 is 7.12 Å². The molecule has 0 bridgehead atoms. The molecule has 7 nitrogen and oxygen atoms in total. The highest BCUT2D eigenvalue weighted by molar-refractivity contribution is 7.09. The summed E-state index contributed by atoms with van der Waals surface area (Å²) in [6.45, 7) is 7.30. The maximum atomic E-state index is 14.6. The number of rotatable bonds is 12. The number of carbonyl (C=O) groups excluding carboxylic acids is 2. The number of benzene rings is 5. The van der Waals surface area contributed by atoms with Crippen molar-refractivity contribution < 1.29 is 28.8 Å². The van der Waals surface area contributed by atoms with Crippen molar-refractivity contribution >= 4 is 71.4 Å². The molecule has 2 fully saturated rings. The quantitative estimate of drug-likeness (QED) is 0.0552. The second-order valence-corrected chi connectivity index (χ2v) is 23.2. The van der Waals surface area contributed by atoms with Crippen molar-refractivity contribution in [1.82, 2.24) is 4.90 Å². The molecule has 4 atom stereocenters. The van der Waals surface area contributed by atoms with Crippen molar-refractivity contribution in [3.63, 3.8) is 0 Å². The largest absolute Gasteiger partial charge is 0.507 e. The fourth-order valence-corrected chi connectivity index (χ4v) is 15.7. The average Bonchev–Trinajstić information content (AvgIpc) is 3.89. The summed E-state index contributed by atoms with van der Waals surface area (Å²) >= 11 is 1.54. The number of phenols is 1. The molecule has 62 heavy (non-hydrogen) atoms. The highest BCUT2D eigenvalue weighted by Gasteiger charge is 2.58. The minimum atomic E-state index is -3.01. The van der Waals surface area contributed by atoms with Gasteiger partial charge in [0.2, 0.25) is 11.8 Å². The van der Waals surface area contributed by atoms with Gasteiger partial charge in [0.05, 0.1) is 31.1 Å². The molecule has 2 saturated heterocycles. The Balaban J connectivity index is 1.14. The molecule has 2 aliphatic heterocycles. The average molecular weight is 858 g/mol. The number of nitrogens with zero attached hydrogens (tertiary/aromatic N) is 1. The first-order chi connectivity index (χ1) is 30.0. The Morgan fingerprint density at radius 2 is 1.47 bits per heavy atom. The summed E-state index contributed by atoms with van der Waals surface area (Å²) in [4.78, 5) is 31.4. The smallest absolute Gasteiger partial charge is 0.455 e. The molecule has 6 aromatic rings. The number of amides is 2. The van der Waals surface area contributed by atoms with Crippen molar-refractivity contribution in [3.05, 3.63) is 172 Å². The second-order valence-electron chi connectivity index (χ2n) is 17.9. The fourth-order valence-electron chi connectivity index (χ4n) is 10.5. The van der Waals surface area contributed by atoms with Crippen LogP contribution in [-0.4, -0.2) is 55.0 Å². The molecule has 2 amide bonds. The zero-order valence-electron chi connectivity index (χ0n) is 35.4. The number of likely N-dealkylation sites (tertiary alicyclic amines) is 1. The predicted molar refractivity (Wildman–Crippen MR) is 252 cm³/mol. The van der Waals surface area contributed by atoms with Gasteiger partial charge in [-0.3, -0.25) is 14.5 Å². The molecule has 5 aromatic carbocycles. The summed E-state index contributed by atoms with van der Waals surface area (Å²) in [6, 6.07) is 46.9. The molecule has 0 unspecified atom stereocenters. The molecular formula is C52H52BNO6SSi. The third kappa shape index (κ3) is 7.84. The molecule has 0 radical (unpaired) electrons. The summed E-state index contributed by atoms with van der Waals surface area (Å²) in [7, 11) is -4.11. The Morgan fingerprint density at radius 3 is 2.11 bits per heavy atom. The van der Waals surface area contributed by atoms with Crippen LogP contribution >= 0.6 is 11.3 Å². The molecular weight excluding hydrogens is 806 g/mol. The number of hydrogen-bond donors (Lipinski definition) is 2. The van der Waals surface area contributed by atoms with E-state index in [-0.39, 0.29) is 42.1 Å². The van der Waals surface area contributed by atoms with Crippen LogP contribution in [0.2, 0.25) is 11.4 Å². The third-order valence-electron chi connectivity index (χ3n) is 13.3. The molecule has 1 aliphatic carbocycles. The van der Waals surface area contributed by atoms with Crippen molar-refractivity contribution in [3.8, 4) is 5.75 Å². The number of fused-ring (bicyclic) bond motifs is 4. The minimum Gasteiger partial charge on any atom is -0.507 e. The van der Waals surface area contributed by atoms with Gasteiger partial charge in [-0.1, -0.05) is 154 Å². The summed E-state index contributed by atoms with van der Waals surface area (Å²) < 4.78 is 14.2. The lowest BCUT2D eigenvalue weighted by Gasteiger charge is -2.46. The van der Waals surface area contributed by atoms with Crippen molar-refractivity contribution in [1.29, 1.82) is 0 Å². The number of carbonyl (C=O) groups is 2. The third-order valence-corrected chi connectivity index (χ3v) is 19.1. The van der Waals surface area contributed by atoms with Crippen LogP contribution in [0.15, 0.2) is 156 Å². The van der Waals surface area contributed by atoms with Gasteiger partial charge in [-0.25, -0.2) is 0 Å². The maximum absolute atomic E-state index is 14.6. The van der Waals surface area contributed by atoms with Gasteiger partial charge in [0.15, 0.2) is 0 Å². The molecule has 2 N–H and O–H groups in total. The lowest BCUT2D eigenvalue weighted by Crippen LogP contribution is -2.66. The van der Waals surface area contributed by atoms with Gasteiger partial charge in [0.1, 0.15) is 5.75 Å². The number of hydrogen-bond acceptors (Lipinski definition) is 7. The van der Waals surface area contributed by atoms with Crippen LogP contribution in [0.4, 0.5) is 0 Å². The van der Waals surface area contributed by atoms with Gasteiger partial charge in [-0.2, -0.15) is 0 Å². The van der Waals surface area contributed by atoms with Crippen molar-refractivity contribution in [2.75, 3.05) is 6.61 Å². The molecule has 0 saturated carbocycles. The van der Waals surface area contributed by atoms with E-state index in [9.17, 15) is 19.7 Å². The highest BCUT2D eigenvalue weighted by atomic mass is 32.1. The van der Waals surface area contributed by atoms with Crippen LogP contribution in [0.3, 0.4) is 0 Å². The van der Waals surface area contributed by atoms with E-state index < -0.39 is 39.3 Å². The van der Waals surface area contributed by atoms with Crippen LogP contribution in [-0.2, 0) is 25.2 Å². The maximum Gasteiger partial charge on any atom is 0.455 e. The van der Waals surface area contributed by atoms with Crippen molar-refractivity contribution in [2.24, 2.45) is 17.8 Å². The number of allylic oxidation sites excluding steroid dienone is 1. The summed E-state index contributed by atoms with van der Waals surface area (Å²) in [5.74, 6) is -1.62. The lowest BCUT2D eigenvalue weighted by atomic mass is 9.58. The molecule has 3 heterocycles. The van der Waals surface area contributed by atoms with Crippen LogP contribution in [0.1, 0.15) is 56.0 Å². The highest BCUT2D eigenvalue weighted by Crippen LogP contribution is 2.52. The van der Waals surface area contributed by atoms with Crippen LogP contribution in [0.25, 0.3) is 22.4 Å². The van der Waals surface area contributed by atoms with Crippen LogP contribution in [0, 0.1) is 17.8 Å². The summed E-state index contributed by atoms with van der Waals surface area (Å²) in [5.41, 5.74) is 5.12. The Kier molecular flexibility index (Phi) is 11.8. The van der Waals surface area contributed by atoms with Gasteiger partial charge in [-0.05, 0) is 97.7 Å². The van der Waals surface area contributed by atoms with E-state index in [0.717, 1.165) is 53.9 Å². The number of imide groups is 1. The standard InChI is InChI=1S/C52H52BNO6SSi/c1-52(2,3)62(40-19-9-5-10-20-40,41-21-11-6-12-22-41)59-34-38-31-44-49(51(57)54(50(44)56)33-39-18-15-29-61-39)45-32-53(58)60-47(48(38)45)28-26-36(35-16-7-4-8-17-35)30-37-25-27-46(55)43-24-14-13-23-42(37)43/h4-25,27,29-30,44-45,47,49,55,58H,26,28,31-34H2,1-3H3/b36-30-/t44-,45+,47-,49-/m1/s1. The van der Waals surface area contributed by atoms with E-state index in [2.05, 4.69) is 87.5 Å². The zero-order valence-corrected chi connectivity index (χ0v) is 37.3. The fraction of sp³-hybridized carbons (Fsp3) is 0.269. The number of thiophene rings is 1. The van der Waals surface area contributed by atoms with E-state index in [4.69, 9.17) is 9.08 Å². The van der Waals surface area contributed by atoms with E-state index >= 15 is 0 Å². The molecule has 9 rings (SSSR count).